The SMILES string of the molecule is CC(C)c1cccc(C(C)C)c1-n1c(-c2[c-]ccc3c2oc2cc(-c4cc5c6c(c4)N4c7ccc(C(C)(C)C)cc7Oc7cc(C(C)(C)C)cc(c74)B6c4cc(C(C)(C)C)cc6c4N5c4ccc(C(C)(C)C)cc4O6)ccc23)nc2ccccc21.Cc1cnc(-c2[c-]cc(F)cc2)cc1C.[Ir]. The Bertz CT molecular complexity index is 5370. The van der Waals surface area contributed by atoms with Crippen LogP contribution >= 0.6 is 0 Å². The molecule has 0 aliphatic carbocycles. The van der Waals surface area contributed by atoms with E-state index < -0.39 is 0 Å². The van der Waals surface area contributed by atoms with Gasteiger partial charge in [0.1, 0.15) is 5.58 Å². The number of para-hydroxylation sites is 3. The molecule has 1 radical (unpaired) electrons. The fraction of sp³-hybridized carbons (Fsp3) is 0.267. The molecule has 3 aromatic heterocycles. The molecule has 0 bridgehead atoms. The molecule has 0 N–H and O–H groups in total. The molecule has 4 aliphatic rings. The number of fused-ring (bicyclic) bond motifs is 12. The molecule has 0 unspecified atom stereocenters. The average molecular weight is 1510 g/mol. The first-order valence-electron chi connectivity index (χ1n) is 35.4. The van der Waals surface area contributed by atoms with Crippen LogP contribution in [-0.2, 0) is 41.8 Å². The summed E-state index contributed by atoms with van der Waals surface area (Å²) in [4.78, 5) is 14.8. The van der Waals surface area contributed by atoms with E-state index in [-0.39, 0.29) is 66.1 Å². The molecule has 0 amide bonds. The summed E-state index contributed by atoms with van der Waals surface area (Å²) >= 11 is 0. The fourth-order valence-electron chi connectivity index (χ4n) is 15.2. The monoisotopic (exact) mass is 1510 g/mol. The van der Waals surface area contributed by atoms with E-state index in [9.17, 15) is 4.39 Å². The molecule has 0 saturated heterocycles. The van der Waals surface area contributed by atoms with Crippen LogP contribution in [0.25, 0.3) is 72.4 Å². The Morgan fingerprint density at radius 3 is 1.60 bits per heavy atom. The third-order valence-corrected chi connectivity index (χ3v) is 21.0. The van der Waals surface area contributed by atoms with Crippen molar-refractivity contribution >= 4 is 90.2 Å². The van der Waals surface area contributed by atoms with Crippen molar-refractivity contribution in [2.24, 2.45) is 0 Å². The normalized spacial score (nSPS) is 13.5. The second kappa shape index (κ2) is 24.1. The molecule has 101 heavy (non-hydrogen) atoms. The number of aryl methyl sites for hydroxylation is 2. The number of anilines is 6. The first kappa shape index (κ1) is 67.3. The molecule has 8 nitrogen and oxygen atoms in total. The molecule has 509 valence electrons. The third kappa shape index (κ3) is 11.2. The Labute approximate surface area is 608 Å². The molecule has 13 aromatic rings. The summed E-state index contributed by atoms with van der Waals surface area (Å²) in [5.74, 6) is 4.56. The van der Waals surface area contributed by atoms with E-state index in [1.807, 2.05) is 32.2 Å². The Morgan fingerprint density at radius 2 is 1.07 bits per heavy atom. The van der Waals surface area contributed by atoms with Crippen LogP contribution in [-0.4, -0.2) is 21.2 Å². The minimum Gasteiger partial charge on any atom is -0.501 e. The van der Waals surface area contributed by atoms with Crippen molar-refractivity contribution < 1.29 is 38.4 Å². The van der Waals surface area contributed by atoms with Crippen LogP contribution in [0.15, 0.2) is 180 Å². The minimum absolute atomic E-state index is 0. The Hall–Kier alpha value is -9.54. The summed E-state index contributed by atoms with van der Waals surface area (Å²) in [5, 5.41) is 2.06. The summed E-state index contributed by atoms with van der Waals surface area (Å²) in [6.45, 7) is 40.6. The molecule has 11 heteroatoms. The summed E-state index contributed by atoms with van der Waals surface area (Å²) in [6, 6.07) is 67.3. The number of hydrogen-bond donors (Lipinski definition) is 0. The second-order valence-corrected chi connectivity index (χ2v) is 32.8. The Kier molecular flexibility index (Phi) is 16.0. The van der Waals surface area contributed by atoms with Crippen molar-refractivity contribution in [2.45, 2.75) is 158 Å². The quantitative estimate of drug-likeness (QED) is 0.121. The van der Waals surface area contributed by atoms with Crippen molar-refractivity contribution in [1.82, 2.24) is 14.5 Å². The number of nitrogens with zero attached hydrogens (tertiary/aromatic N) is 5. The molecule has 10 aromatic carbocycles. The number of imidazole rings is 1. The van der Waals surface area contributed by atoms with Crippen LogP contribution in [0.3, 0.4) is 0 Å². The molecular weight excluding hydrogens is 1420 g/mol. The zero-order chi connectivity index (χ0) is 70.1. The second-order valence-electron chi connectivity index (χ2n) is 32.8. The number of pyridine rings is 1. The minimum atomic E-state index is -0.275. The number of furan rings is 1. The molecular formula is C90H85BFIrN5O3-2. The zero-order valence-electron chi connectivity index (χ0n) is 61.1. The molecule has 0 spiro atoms. The maximum Gasteiger partial charge on any atom is 0.252 e. The third-order valence-electron chi connectivity index (χ3n) is 21.0. The summed E-state index contributed by atoms with van der Waals surface area (Å²) in [7, 11) is 0. The molecule has 4 aliphatic heterocycles. The van der Waals surface area contributed by atoms with Crippen LogP contribution in [0.1, 0.15) is 167 Å². The van der Waals surface area contributed by atoms with E-state index in [0.29, 0.717) is 0 Å². The number of hydrogen-bond acceptors (Lipinski definition) is 7. The van der Waals surface area contributed by atoms with Gasteiger partial charge in [0, 0.05) is 54.6 Å². The van der Waals surface area contributed by atoms with Gasteiger partial charge in [-0.1, -0.05) is 200 Å². The number of benzene rings is 10. The van der Waals surface area contributed by atoms with Gasteiger partial charge >= 0.3 is 0 Å². The van der Waals surface area contributed by atoms with Gasteiger partial charge in [0.15, 0.2) is 23.0 Å². The maximum absolute atomic E-state index is 12.7. The maximum atomic E-state index is 12.7. The summed E-state index contributed by atoms with van der Waals surface area (Å²) in [5.41, 5.74) is 28.8. The van der Waals surface area contributed by atoms with E-state index in [1.165, 1.54) is 73.2 Å². The molecule has 0 fully saturated rings. The summed E-state index contributed by atoms with van der Waals surface area (Å²) in [6.07, 6.45) is 1.82. The van der Waals surface area contributed by atoms with Crippen molar-refractivity contribution in [3.63, 3.8) is 0 Å². The predicted octanol–water partition coefficient (Wildman–Crippen LogP) is 23.1. The van der Waals surface area contributed by atoms with Gasteiger partial charge in [-0.2, -0.15) is 0 Å². The Balaban J connectivity index is 0.000000458. The predicted molar refractivity (Wildman–Crippen MR) is 413 cm³/mol. The van der Waals surface area contributed by atoms with Gasteiger partial charge in [-0.3, -0.25) is 9.37 Å². The van der Waals surface area contributed by atoms with E-state index in [1.54, 1.807) is 6.07 Å². The largest absolute Gasteiger partial charge is 0.501 e. The first-order valence-corrected chi connectivity index (χ1v) is 35.4. The van der Waals surface area contributed by atoms with E-state index >= 15 is 0 Å². The summed E-state index contributed by atoms with van der Waals surface area (Å²) < 4.78 is 36.9. The molecule has 17 rings (SSSR count). The van der Waals surface area contributed by atoms with E-state index in [0.717, 1.165) is 129 Å². The van der Waals surface area contributed by atoms with Crippen LogP contribution in [0.4, 0.5) is 38.5 Å². The molecule has 0 saturated carbocycles. The van der Waals surface area contributed by atoms with Crippen molar-refractivity contribution in [3.05, 3.63) is 239 Å². The van der Waals surface area contributed by atoms with Crippen LogP contribution in [0, 0.1) is 31.8 Å². The van der Waals surface area contributed by atoms with Gasteiger partial charge in [0.05, 0.1) is 45.2 Å². The number of aromatic nitrogens is 3. The topological polar surface area (TPSA) is 68.8 Å². The van der Waals surface area contributed by atoms with Gasteiger partial charge in [-0.05, 0) is 186 Å². The van der Waals surface area contributed by atoms with Crippen molar-refractivity contribution in [2.75, 3.05) is 9.80 Å². The van der Waals surface area contributed by atoms with Crippen molar-refractivity contribution in [3.8, 4) is 62.5 Å². The number of ether oxygens (including phenoxy) is 2. The van der Waals surface area contributed by atoms with Gasteiger partial charge in [0.25, 0.3) is 6.71 Å². The first-order chi connectivity index (χ1) is 47.5. The fourth-order valence-corrected chi connectivity index (χ4v) is 15.2. The van der Waals surface area contributed by atoms with E-state index in [4.69, 9.17) is 18.9 Å². The Morgan fingerprint density at radius 1 is 0.505 bits per heavy atom. The molecule has 7 heterocycles. The zero-order valence-corrected chi connectivity index (χ0v) is 63.5. The van der Waals surface area contributed by atoms with Gasteiger partial charge < -0.3 is 33.2 Å². The van der Waals surface area contributed by atoms with Gasteiger partial charge in [0.2, 0.25) is 0 Å². The van der Waals surface area contributed by atoms with Crippen LogP contribution in [0.2, 0.25) is 0 Å². The van der Waals surface area contributed by atoms with Gasteiger partial charge in [-0.15, -0.1) is 48.0 Å². The van der Waals surface area contributed by atoms with Gasteiger partial charge in [-0.25, -0.2) is 0 Å². The van der Waals surface area contributed by atoms with Crippen LogP contribution < -0.4 is 35.7 Å². The smallest absolute Gasteiger partial charge is 0.252 e. The van der Waals surface area contributed by atoms with E-state index in [2.05, 4.69) is 282 Å². The number of rotatable bonds is 6. The molecule has 0 atom stereocenters. The average Bonchev–Trinajstić information content (AvgIpc) is 1.14. The standard InChI is InChI=1S/C77H74BN4O3.C13H11FN.Ir/c1-42(2)50-21-19-22-51(43(3)4)69(50)82-58-26-18-17-25-57(58)79-73(82)54-24-20-23-53-52-30-27-44(35-63(52)85-72(53)54)45-33-61-68-62(34-45)81-60-32-29-47(75(8,9)10)39-65(60)84-67-41-49(77(14,15)16)37-56(71(67)81)78(68)55-36-48(76(11,12)13)40-66-70(55)80(61)59-31-28-46(74(5,6)7)38-64(59)83-66;1-9-7-13(15-8-10(9)2)11-3-5-12(14)6-4-11;/h17-23,25-43H,1-16H3;3,5-8H,1-2H3;/q2*-1;. The van der Waals surface area contributed by atoms with Crippen molar-refractivity contribution in [1.29, 1.82) is 0 Å². The van der Waals surface area contributed by atoms with Crippen LogP contribution in [0.5, 0.6) is 23.0 Å². The number of halogens is 1.